The van der Waals surface area contributed by atoms with Crippen molar-refractivity contribution in [3.63, 3.8) is 0 Å². The summed E-state index contributed by atoms with van der Waals surface area (Å²) in [5, 5.41) is 5.64. The number of amides is 2. The Morgan fingerprint density at radius 1 is 0.867 bits per heavy atom. The van der Waals surface area contributed by atoms with Gasteiger partial charge in [-0.1, -0.05) is 60.7 Å². The highest BCUT2D eigenvalue weighted by Crippen LogP contribution is 2.17. The summed E-state index contributed by atoms with van der Waals surface area (Å²) >= 11 is 0. The van der Waals surface area contributed by atoms with Gasteiger partial charge in [0.05, 0.1) is 0 Å². The third-order valence-corrected chi connectivity index (χ3v) is 5.14. The highest BCUT2D eigenvalue weighted by Gasteiger charge is 2.18. The average molecular weight is 403 g/mol. The molecule has 3 aromatic rings. The smallest absolute Gasteiger partial charge is 0.320 e. The zero-order chi connectivity index (χ0) is 20.6. The second-order valence-electron chi connectivity index (χ2n) is 7.30. The number of aromatic nitrogens is 2. The van der Waals surface area contributed by atoms with Gasteiger partial charge >= 0.3 is 6.03 Å². The van der Waals surface area contributed by atoms with E-state index >= 15 is 0 Å². The van der Waals surface area contributed by atoms with Crippen LogP contribution in [0.5, 0.6) is 0 Å². The lowest BCUT2D eigenvalue weighted by atomic mass is 10.2. The van der Waals surface area contributed by atoms with Gasteiger partial charge in [0.25, 0.3) is 0 Å². The molecule has 0 radical (unpaired) electrons. The first-order chi connectivity index (χ1) is 14.8. The number of carbonyl (C=O) groups excluding carboxylic acids is 1. The van der Waals surface area contributed by atoms with Crippen LogP contribution in [-0.2, 0) is 13.1 Å². The van der Waals surface area contributed by atoms with Crippen LogP contribution in [0.2, 0.25) is 0 Å². The fourth-order valence-electron chi connectivity index (χ4n) is 3.50. The molecule has 4 rings (SSSR count). The van der Waals surface area contributed by atoms with Gasteiger partial charge in [0.15, 0.2) is 0 Å². The van der Waals surface area contributed by atoms with Gasteiger partial charge in [-0.3, -0.25) is 10.2 Å². The Morgan fingerprint density at radius 2 is 1.53 bits per heavy atom. The van der Waals surface area contributed by atoms with Crippen LogP contribution in [0.1, 0.15) is 11.1 Å². The van der Waals surface area contributed by atoms with E-state index in [-0.39, 0.29) is 6.03 Å². The molecule has 7 nitrogen and oxygen atoms in total. The molecule has 1 aromatic heterocycles. The van der Waals surface area contributed by atoms with Gasteiger partial charge in [-0.25, -0.2) is 14.8 Å². The van der Waals surface area contributed by atoms with Crippen LogP contribution >= 0.6 is 0 Å². The minimum absolute atomic E-state index is 0.281. The molecule has 2 aromatic carbocycles. The van der Waals surface area contributed by atoms with Gasteiger partial charge in [-0.2, -0.15) is 0 Å². The second kappa shape index (κ2) is 9.84. The molecule has 2 amide bonds. The molecule has 0 saturated carbocycles. The molecule has 0 aliphatic carbocycles. The largest absolute Gasteiger partial charge is 0.354 e. The molecule has 1 fully saturated rings. The standard InChI is InChI=1S/C23H26N6O/c30-23(24-16-19-7-3-1-4-8-19)27-21-15-22(26-18-25-21)29-13-11-28(12-14-29)17-20-9-5-2-6-10-20/h1-10,15,18H,11-14,16-17H2,(H2,24,25,26,27,30). The molecular weight excluding hydrogens is 376 g/mol. The van der Waals surface area contributed by atoms with Gasteiger partial charge in [-0.15, -0.1) is 0 Å². The summed E-state index contributed by atoms with van der Waals surface area (Å²) in [6, 6.07) is 21.9. The van der Waals surface area contributed by atoms with Crippen LogP contribution in [0.25, 0.3) is 0 Å². The van der Waals surface area contributed by atoms with Crippen molar-refractivity contribution in [3.8, 4) is 0 Å². The van der Waals surface area contributed by atoms with Crippen molar-refractivity contribution in [2.24, 2.45) is 0 Å². The van der Waals surface area contributed by atoms with Gasteiger partial charge in [0.2, 0.25) is 0 Å². The molecule has 1 saturated heterocycles. The van der Waals surface area contributed by atoms with Gasteiger partial charge in [-0.05, 0) is 11.1 Å². The van der Waals surface area contributed by atoms with E-state index in [9.17, 15) is 4.79 Å². The van der Waals surface area contributed by atoms with E-state index in [0.717, 1.165) is 44.1 Å². The van der Waals surface area contributed by atoms with Crippen molar-refractivity contribution in [1.29, 1.82) is 0 Å². The number of nitrogens with one attached hydrogen (secondary N) is 2. The lowest BCUT2D eigenvalue weighted by Gasteiger charge is -2.35. The number of carbonyl (C=O) groups is 1. The Bertz CT molecular complexity index is 942. The molecular formula is C23H26N6O. The number of urea groups is 1. The van der Waals surface area contributed by atoms with Crippen LogP contribution in [0.4, 0.5) is 16.4 Å². The van der Waals surface area contributed by atoms with Crippen LogP contribution < -0.4 is 15.5 Å². The maximum Gasteiger partial charge on any atom is 0.320 e. The topological polar surface area (TPSA) is 73.4 Å². The maximum atomic E-state index is 12.2. The number of nitrogens with zero attached hydrogens (tertiary/aromatic N) is 4. The molecule has 7 heteroatoms. The first kappa shape index (κ1) is 19.8. The number of anilines is 2. The summed E-state index contributed by atoms with van der Waals surface area (Å²) in [6.07, 6.45) is 1.50. The molecule has 1 aliphatic rings. The predicted octanol–water partition coefficient (Wildman–Crippen LogP) is 3.12. The summed E-state index contributed by atoms with van der Waals surface area (Å²) in [6.45, 7) is 5.16. The Labute approximate surface area is 176 Å². The van der Waals surface area contributed by atoms with Crippen molar-refractivity contribution in [3.05, 3.63) is 84.2 Å². The van der Waals surface area contributed by atoms with Crippen molar-refractivity contribution >= 4 is 17.7 Å². The number of hydrogen-bond donors (Lipinski definition) is 2. The predicted molar refractivity (Wildman–Crippen MR) is 118 cm³/mol. The van der Waals surface area contributed by atoms with Gasteiger partial charge in [0, 0.05) is 45.3 Å². The third kappa shape index (κ3) is 5.55. The Kier molecular flexibility index (Phi) is 6.51. The number of hydrogen-bond acceptors (Lipinski definition) is 5. The average Bonchev–Trinajstić information content (AvgIpc) is 2.80. The monoisotopic (exact) mass is 402 g/mol. The minimum Gasteiger partial charge on any atom is -0.354 e. The van der Waals surface area contributed by atoms with Gasteiger partial charge < -0.3 is 10.2 Å². The fraction of sp³-hybridized carbons (Fsp3) is 0.261. The molecule has 1 aliphatic heterocycles. The van der Waals surface area contributed by atoms with Crippen molar-refractivity contribution < 1.29 is 4.79 Å². The third-order valence-electron chi connectivity index (χ3n) is 5.14. The van der Waals surface area contributed by atoms with Crippen LogP contribution in [0.3, 0.4) is 0 Å². The fourth-order valence-corrected chi connectivity index (χ4v) is 3.50. The van der Waals surface area contributed by atoms with E-state index in [2.05, 4.69) is 54.7 Å². The molecule has 0 unspecified atom stereocenters. The molecule has 2 heterocycles. The summed E-state index contributed by atoms with van der Waals surface area (Å²) in [4.78, 5) is 25.4. The van der Waals surface area contributed by atoms with Crippen LogP contribution in [0, 0.1) is 0 Å². The van der Waals surface area contributed by atoms with Crippen LogP contribution in [-0.4, -0.2) is 47.1 Å². The van der Waals surface area contributed by atoms with E-state index < -0.39 is 0 Å². The summed E-state index contributed by atoms with van der Waals surface area (Å²) in [5.41, 5.74) is 2.38. The highest BCUT2D eigenvalue weighted by molar-refractivity contribution is 5.88. The van der Waals surface area contributed by atoms with E-state index in [1.807, 2.05) is 42.5 Å². The zero-order valence-electron chi connectivity index (χ0n) is 16.9. The first-order valence-electron chi connectivity index (χ1n) is 10.2. The van der Waals surface area contributed by atoms with Gasteiger partial charge in [0.1, 0.15) is 18.0 Å². The Morgan fingerprint density at radius 3 is 2.23 bits per heavy atom. The first-order valence-corrected chi connectivity index (χ1v) is 10.2. The number of benzene rings is 2. The summed E-state index contributed by atoms with van der Waals surface area (Å²) < 4.78 is 0. The lowest BCUT2D eigenvalue weighted by molar-refractivity contribution is 0.249. The van der Waals surface area contributed by atoms with E-state index in [4.69, 9.17) is 0 Å². The van der Waals surface area contributed by atoms with Crippen molar-refractivity contribution in [1.82, 2.24) is 20.2 Å². The number of piperazine rings is 1. The molecule has 0 bridgehead atoms. The zero-order valence-corrected chi connectivity index (χ0v) is 16.9. The van der Waals surface area contributed by atoms with E-state index in [0.29, 0.717) is 12.4 Å². The maximum absolute atomic E-state index is 12.2. The molecule has 30 heavy (non-hydrogen) atoms. The molecule has 0 atom stereocenters. The van der Waals surface area contributed by atoms with Crippen LogP contribution in [0.15, 0.2) is 73.1 Å². The minimum atomic E-state index is -0.281. The molecule has 0 spiro atoms. The number of rotatable bonds is 6. The van der Waals surface area contributed by atoms with Crippen molar-refractivity contribution in [2.45, 2.75) is 13.1 Å². The Balaban J connectivity index is 1.27. The SMILES string of the molecule is O=C(NCc1ccccc1)Nc1cc(N2CCN(Cc3ccccc3)CC2)ncn1. The lowest BCUT2D eigenvalue weighted by Crippen LogP contribution is -2.46. The normalized spacial score (nSPS) is 14.3. The second-order valence-corrected chi connectivity index (χ2v) is 7.30. The quantitative estimate of drug-likeness (QED) is 0.663. The van der Waals surface area contributed by atoms with E-state index in [1.165, 1.54) is 11.9 Å². The summed E-state index contributed by atoms with van der Waals surface area (Å²) in [7, 11) is 0. The van der Waals surface area contributed by atoms with E-state index in [1.54, 1.807) is 0 Å². The Hall–Kier alpha value is -3.45. The molecule has 2 N–H and O–H groups in total. The summed E-state index contributed by atoms with van der Waals surface area (Å²) in [5.74, 6) is 1.33. The molecule has 154 valence electrons. The highest BCUT2D eigenvalue weighted by atomic mass is 16.2. The van der Waals surface area contributed by atoms with Crippen molar-refractivity contribution in [2.75, 3.05) is 36.4 Å².